The van der Waals surface area contributed by atoms with E-state index < -0.39 is 23.6 Å². The van der Waals surface area contributed by atoms with Gasteiger partial charge in [0.05, 0.1) is 0 Å². The van der Waals surface area contributed by atoms with Crippen molar-refractivity contribution in [1.29, 1.82) is 0 Å². The number of hydrogen-bond donors (Lipinski definition) is 2. The minimum atomic E-state index is -0.986. The molecule has 2 N–H and O–H groups in total. The first-order valence-electron chi connectivity index (χ1n) is 6.25. The number of ether oxygens (including phenoxy) is 1. The number of cyclic esters (lactones) is 1. The van der Waals surface area contributed by atoms with Gasteiger partial charge in [0, 0.05) is 5.56 Å². The number of esters is 1. The number of carbonyl (C=O) groups is 1. The van der Waals surface area contributed by atoms with Crippen molar-refractivity contribution in [2.24, 2.45) is 0 Å². The Morgan fingerprint density at radius 2 is 1.43 bits per heavy atom. The van der Waals surface area contributed by atoms with E-state index in [9.17, 15) is 19.4 Å². The van der Waals surface area contributed by atoms with Crippen LogP contribution in [-0.2, 0) is 9.53 Å². The summed E-state index contributed by atoms with van der Waals surface area (Å²) in [5, 5.41) is 18.9. The zero-order chi connectivity index (χ0) is 15.0. The van der Waals surface area contributed by atoms with E-state index in [1.165, 1.54) is 12.1 Å². The van der Waals surface area contributed by atoms with Gasteiger partial charge < -0.3 is 14.9 Å². The van der Waals surface area contributed by atoms with Crippen LogP contribution >= 0.6 is 0 Å². The van der Waals surface area contributed by atoms with E-state index >= 15 is 0 Å². The van der Waals surface area contributed by atoms with Crippen molar-refractivity contribution in [3.63, 3.8) is 0 Å². The molecular formula is C16H11FO4. The van der Waals surface area contributed by atoms with E-state index in [-0.39, 0.29) is 5.82 Å². The summed E-state index contributed by atoms with van der Waals surface area (Å²) in [4.78, 5) is 11.2. The third kappa shape index (κ3) is 2.33. The van der Waals surface area contributed by atoms with Crippen molar-refractivity contribution < 1.29 is 24.1 Å². The van der Waals surface area contributed by atoms with Gasteiger partial charge in [-0.25, -0.2) is 9.18 Å². The van der Waals surface area contributed by atoms with Crippen LogP contribution in [0.2, 0.25) is 0 Å². The van der Waals surface area contributed by atoms with Crippen molar-refractivity contribution >= 4 is 5.97 Å². The monoisotopic (exact) mass is 286 g/mol. The predicted octanol–water partition coefficient (Wildman–Crippen LogP) is 3.42. The first-order chi connectivity index (χ1) is 10.1. The molecule has 1 unspecified atom stereocenters. The van der Waals surface area contributed by atoms with Crippen molar-refractivity contribution in [3.05, 3.63) is 71.4 Å². The lowest BCUT2D eigenvalue weighted by Gasteiger charge is -2.11. The molecule has 21 heavy (non-hydrogen) atoms. The highest BCUT2D eigenvalue weighted by Gasteiger charge is 2.35. The molecule has 3 rings (SSSR count). The Morgan fingerprint density at radius 1 is 0.905 bits per heavy atom. The van der Waals surface area contributed by atoms with E-state index in [0.29, 0.717) is 5.56 Å². The molecule has 0 aromatic heterocycles. The second kappa shape index (κ2) is 4.94. The van der Waals surface area contributed by atoms with E-state index in [4.69, 9.17) is 4.74 Å². The average molecular weight is 286 g/mol. The quantitative estimate of drug-likeness (QED) is 0.830. The molecule has 1 aliphatic heterocycles. The van der Waals surface area contributed by atoms with Crippen molar-refractivity contribution in [1.82, 2.24) is 0 Å². The lowest BCUT2D eigenvalue weighted by molar-refractivity contribution is -0.142. The minimum absolute atomic E-state index is 0.307. The summed E-state index contributed by atoms with van der Waals surface area (Å²) < 4.78 is 17.8. The molecule has 1 atom stereocenters. The fourth-order valence-corrected chi connectivity index (χ4v) is 2.17. The van der Waals surface area contributed by atoms with E-state index in [2.05, 4.69) is 0 Å². The third-order valence-corrected chi connectivity index (χ3v) is 3.30. The Morgan fingerprint density at radius 3 is 1.90 bits per heavy atom. The van der Waals surface area contributed by atoms with E-state index in [1.54, 1.807) is 36.4 Å². The number of hydrogen-bond acceptors (Lipinski definition) is 4. The van der Waals surface area contributed by atoms with Crippen molar-refractivity contribution in [3.8, 4) is 11.1 Å². The second-order valence-electron chi connectivity index (χ2n) is 4.65. The summed E-state index contributed by atoms with van der Waals surface area (Å²) in [7, 11) is 0. The maximum absolute atomic E-state index is 12.9. The molecule has 1 heterocycles. The van der Waals surface area contributed by atoms with Gasteiger partial charge in [-0.1, -0.05) is 36.4 Å². The topological polar surface area (TPSA) is 66.8 Å². The Balaban J connectivity index is 1.88. The molecular weight excluding hydrogens is 275 g/mol. The van der Waals surface area contributed by atoms with Gasteiger partial charge >= 0.3 is 5.97 Å². The molecule has 0 saturated heterocycles. The summed E-state index contributed by atoms with van der Waals surface area (Å²) in [6, 6.07) is 12.9. The molecule has 0 spiro atoms. The van der Waals surface area contributed by atoms with Gasteiger partial charge in [-0.05, 0) is 23.3 Å². The highest BCUT2D eigenvalue weighted by atomic mass is 19.1. The maximum atomic E-state index is 12.9. The summed E-state index contributed by atoms with van der Waals surface area (Å²) in [6.45, 7) is 0. The standard InChI is InChI=1S/C16H11FO4/c17-12-7-5-10(6-8-12)9-1-3-11(4-2-9)15-13(18)14(19)16(20)21-15/h1-8,15,18-19H. The van der Waals surface area contributed by atoms with Crippen molar-refractivity contribution in [2.45, 2.75) is 6.10 Å². The van der Waals surface area contributed by atoms with Gasteiger partial charge in [0.25, 0.3) is 0 Å². The zero-order valence-corrected chi connectivity index (χ0v) is 10.8. The largest absolute Gasteiger partial charge is 0.505 e. The van der Waals surface area contributed by atoms with Crippen LogP contribution in [0.1, 0.15) is 11.7 Å². The van der Waals surface area contributed by atoms with Crippen LogP contribution in [0.5, 0.6) is 0 Å². The SMILES string of the molecule is O=C1OC(c2ccc(-c3ccc(F)cc3)cc2)C(O)=C1O. The molecule has 106 valence electrons. The first-order valence-corrected chi connectivity index (χ1v) is 6.25. The number of carbonyl (C=O) groups excluding carboxylic acids is 1. The molecule has 5 heteroatoms. The fourth-order valence-electron chi connectivity index (χ4n) is 2.17. The van der Waals surface area contributed by atoms with Crippen LogP contribution in [0.15, 0.2) is 60.0 Å². The number of rotatable bonds is 2. The highest BCUT2D eigenvalue weighted by Crippen LogP contribution is 2.33. The smallest absolute Gasteiger partial charge is 0.378 e. The van der Waals surface area contributed by atoms with Gasteiger partial charge in [-0.15, -0.1) is 0 Å². The Kier molecular flexibility index (Phi) is 3.10. The Labute approximate surface area is 119 Å². The molecule has 4 nitrogen and oxygen atoms in total. The lowest BCUT2D eigenvalue weighted by atomic mass is 10.0. The van der Waals surface area contributed by atoms with Crippen LogP contribution in [0.4, 0.5) is 4.39 Å². The Hall–Kier alpha value is -2.82. The van der Waals surface area contributed by atoms with Crippen molar-refractivity contribution in [2.75, 3.05) is 0 Å². The summed E-state index contributed by atoms with van der Waals surface area (Å²) in [6.07, 6.45) is -0.986. The molecule has 0 aliphatic carbocycles. The van der Waals surface area contributed by atoms with E-state index in [1.807, 2.05) is 0 Å². The van der Waals surface area contributed by atoms with Gasteiger partial charge in [-0.3, -0.25) is 0 Å². The molecule has 0 radical (unpaired) electrons. The minimum Gasteiger partial charge on any atom is -0.505 e. The van der Waals surface area contributed by atoms with Crippen LogP contribution in [-0.4, -0.2) is 16.2 Å². The van der Waals surface area contributed by atoms with Crippen LogP contribution in [0, 0.1) is 5.82 Å². The fraction of sp³-hybridized carbons (Fsp3) is 0.0625. The molecule has 0 amide bonds. The van der Waals surface area contributed by atoms with E-state index in [0.717, 1.165) is 11.1 Å². The number of aliphatic hydroxyl groups excluding tert-OH is 2. The maximum Gasteiger partial charge on any atom is 0.378 e. The molecule has 0 fully saturated rings. The predicted molar refractivity (Wildman–Crippen MR) is 73.0 cm³/mol. The summed E-state index contributed by atoms with van der Waals surface area (Å²) in [5.41, 5.74) is 2.24. The first kappa shape index (κ1) is 13.2. The second-order valence-corrected chi connectivity index (χ2v) is 4.65. The average Bonchev–Trinajstić information content (AvgIpc) is 2.76. The van der Waals surface area contributed by atoms with Crippen LogP contribution in [0.25, 0.3) is 11.1 Å². The molecule has 2 aromatic rings. The van der Waals surface area contributed by atoms with Gasteiger partial charge in [0.2, 0.25) is 5.76 Å². The highest BCUT2D eigenvalue weighted by molar-refractivity contribution is 5.89. The molecule has 0 bridgehead atoms. The molecule has 0 saturated carbocycles. The van der Waals surface area contributed by atoms with Gasteiger partial charge in [0.1, 0.15) is 5.82 Å². The van der Waals surface area contributed by atoms with Gasteiger partial charge in [0.15, 0.2) is 11.9 Å². The number of benzene rings is 2. The third-order valence-electron chi connectivity index (χ3n) is 3.30. The zero-order valence-electron chi connectivity index (χ0n) is 10.8. The summed E-state index contributed by atoms with van der Waals surface area (Å²) in [5.74, 6) is -2.50. The Bertz CT molecular complexity index is 717. The van der Waals surface area contributed by atoms with Crippen LogP contribution < -0.4 is 0 Å². The molecule has 2 aromatic carbocycles. The van der Waals surface area contributed by atoms with Gasteiger partial charge in [-0.2, -0.15) is 0 Å². The normalized spacial score (nSPS) is 18.0. The lowest BCUT2D eigenvalue weighted by Crippen LogP contribution is -2.03. The number of halogens is 1. The number of aliphatic hydroxyl groups is 2. The summed E-state index contributed by atoms with van der Waals surface area (Å²) >= 11 is 0. The van der Waals surface area contributed by atoms with Crippen LogP contribution in [0.3, 0.4) is 0 Å². The molecule has 1 aliphatic rings.